The lowest BCUT2D eigenvalue weighted by molar-refractivity contribution is 0.623. The molecule has 0 aliphatic rings. The quantitative estimate of drug-likeness (QED) is 0.843. The Labute approximate surface area is 128 Å². The van der Waals surface area contributed by atoms with Gasteiger partial charge >= 0.3 is 0 Å². The van der Waals surface area contributed by atoms with Gasteiger partial charge in [-0.2, -0.15) is 0 Å². The summed E-state index contributed by atoms with van der Waals surface area (Å²) < 4.78 is 25.7. The van der Waals surface area contributed by atoms with E-state index in [2.05, 4.69) is 10.6 Å². The highest BCUT2D eigenvalue weighted by molar-refractivity contribution is 7.80. The summed E-state index contributed by atoms with van der Waals surface area (Å²) in [5.41, 5.74) is 1.89. The summed E-state index contributed by atoms with van der Waals surface area (Å²) in [6.07, 6.45) is 0. The summed E-state index contributed by atoms with van der Waals surface area (Å²) in [5, 5.41) is 6.67. The second kappa shape index (κ2) is 7.13. The first-order chi connectivity index (χ1) is 10.0. The first kappa shape index (κ1) is 15.4. The zero-order valence-electron chi connectivity index (χ0n) is 11.6. The largest absolute Gasteiger partial charge is 0.359 e. The smallest absolute Gasteiger partial charge is 0.167 e. The molecule has 0 bridgehead atoms. The average molecular weight is 306 g/mol. The summed E-state index contributed by atoms with van der Waals surface area (Å²) in [6, 6.07) is 12.5. The van der Waals surface area contributed by atoms with Crippen LogP contribution in [0.3, 0.4) is 0 Å². The van der Waals surface area contributed by atoms with E-state index in [-0.39, 0.29) is 17.7 Å². The van der Waals surface area contributed by atoms with Crippen molar-refractivity contribution in [1.29, 1.82) is 0 Å². The van der Waals surface area contributed by atoms with E-state index in [1.165, 1.54) is 24.3 Å². The van der Waals surface area contributed by atoms with Gasteiger partial charge in [-0.25, -0.2) is 8.78 Å². The van der Waals surface area contributed by atoms with E-state index in [9.17, 15) is 8.78 Å². The van der Waals surface area contributed by atoms with Gasteiger partial charge in [0.1, 0.15) is 11.6 Å². The maximum Gasteiger partial charge on any atom is 0.167 e. The topological polar surface area (TPSA) is 24.1 Å². The number of thiocarbonyl (C=S) groups is 1. The monoisotopic (exact) mass is 306 g/mol. The number of hydrogen-bond donors (Lipinski definition) is 2. The fourth-order valence-corrected chi connectivity index (χ4v) is 2.12. The summed E-state index contributed by atoms with van der Waals surface area (Å²) in [7, 11) is 0. The minimum absolute atomic E-state index is 0.0289. The SMILES string of the molecule is C[C@H](NC(=S)NCc1ccc(F)cc1)c1ccc(F)cc1. The molecule has 21 heavy (non-hydrogen) atoms. The molecule has 2 N–H and O–H groups in total. The maximum atomic E-state index is 12.9. The van der Waals surface area contributed by atoms with Gasteiger partial charge in [0, 0.05) is 6.54 Å². The van der Waals surface area contributed by atoms with Crippen molar-refractivity contribution in [2.45, 2.75) is 19.5 Å². The molecule has 0 unspecified atom stereocenters. The van der Waals surface area contributed by atoms with E-state index in [1.807, 2.05) is 6.92 Å². The van der Waals surface area contributed by atoms with Crippen LogP contribution in [0.1, 0.15) is 24.1 Å². The lowest BCUT2D eigenvalue weighted by atomic mass is 10.1. The van der Waals surface area contributed by atoms with Crippen LogP contribution in [-0.2, 0) is 6.54 Å². The molecule has 0 aliphatic heterocycles. The zero-order valence-corrected chi connectivity index (χ0v) is 12.4. The number of nitrogens with one attached hydrogen (secondary N) is 2. The Kier molecular flexibility index (Phi) is 5.22. The van der Waals surface area contributed by atoms with Crippen molar-refractivity contribution in [2.24, 2.45) is 0 Å². The molecule has 2 aromatic carbocycles. The van der Waals surface area contributed by atoms with Gasteiger partial charge in [-0.1, -0.05) is 24.3 Å². The lowest BCUT2D eigenvalue weighted by Gasteiger charge is -2.17. The molecular weight excluding hydrogens is 290 g/mol. The lowest BCUT2D eigenvalue weighted by Crippen LogP contribution is -2.36. The molecule has 0 spiro atoms. The third kappa shape index (κ3) is 4.79. The minimum Gasteiger partial charge on any atom is -0.359 e. The molecular formula is C16H16F2N2S. The zero-order chi connectivity index (χ0) is 15.2. The summed E-state index contributed by atoms with van der Waals surface area (Å²) >= 11 is 5.21. The van der Waals surface area contributed by atoms with Crippen LogP contribution in [-0.4, -0.2) is 5.11 Å². The van der Waals surface area contributed by atoms with Crippen LogP contribution >= 0.6 is 12.2 Å². The van der Waals surface area contributed by atoms with Gasteiger partial charge in [-0.3, -0.25) is 0 Å². The van der Waals surface area contributed by atoms with Crippen LogP contribution in [0.4, 0.5) is 8.78 Å². The molecule has 0 saturated heterocycles. The first-order valence-corrected chi connectivity index (χ1v) is 6.99. The molecule has 0 aromatic heterocycles. The summed E-state index contributed by atoms with van der Waals surface area (Å²) in [4.78, 5) is 0. The van der Waals surface area contributed by atoms with Gasteiger partial charge in [0.2, 0.25) is 0 Å². The Morgan fingerprint density at radius 3 is 2.10 bits per heavy atom. The van der Waals surface area contributed by atoms with Gasteiger partial charge in [0.25, 0.3) is 0 Å². The third-order valence-corrected chi connectivity index (χ3v) is 3.35. The molecule has 1 atom stereocenters. The van der Waals surface area contributed by atoms with E-state index in [0.29, 0.717) is 11.7 Å². The number of benzene rings is 2. The third-order valence-electron chi connectivity index (χ3n) is 3.08. The van der Waals surface area contributed by atoms with Crippen molar-refractivity contribution in [1.82, 2.24) is 10.6 Å². The number of rotatable bonds is 4. The molecule has 2 nitrogen and oxygen atoms in total. The number of halogens is 2. The van der Waals surface area contributed by atoms with E-state index >= 15 is 0 Å². The van der Waals surface area contributed by atoms with Crippen LogP contribution < -0.4 is 10.6 Å². The Balaban J connectivity index is 1.83. The van der Waals surface area contributed by atoms with Crippen LogP contribution in [0.2, 0.25) is 0 Å². The van der Waals surface area contributed by atoms with Crippen molar-refractivity contribution in [3.05, 3.63) is 71.3 Å². The fraction of sp³-hybridized carbons (Fsp3) is 0.188. The van der Waals surface area contributed by atoms with E-state index in [1.54, 1.807) is 24.3 Å². The van der Waals surface area contributed by atoms with Crippen LogP contribution in [0.5, 0.6) is 0 Å². The molecule has 0 aliphatic carbocycles. The van der Waals surface area contributed by atoms with Crippen LogP contribution in [0.15, 0.2) is 48.5 Å². The van der Waals surface area contributed by atoms with E-state index in [0.717, 1.165) is 11.1 Å². The molecule has 0 fully saturated rings. The molecule has 5 heteroatoms. The molecule has 0 amide bonds. The van der Waals surface area contributed by atoms with Crippen LogP contribution in [0, 0.1) is 11.6 Å². The summed E-state index contributed by atoms with van der Waals surface area (Å²) in [6.45, 7) is 2.46. The normalized spacial score (nSPS) is 11.8. The second-order valence-electron chi connectivity index (χ2n) is 4.73. The van der Waals surface area contributed by atoms with E-state index < -0.39 is 0 Å². The highest BCUT2D eigenvalue weighted by Crippen LogP contribution is 2.12. The van der Waals surface area contributed by atoms with Crippen molar-refractivity contribution < 1.29 is 8.78 Å². The Morgan fingerprint density at radius 2 is 1.52 bits per heavy atom. The Morgan fingerprint density at radius 1 is 1.00 bits per heavy atom. The van der Waals surface area contributed by atoms with Gasteiger partial charge in [0.05, 0.1) is 6.04 Å². The maximum absolute atomic E-state index is 12.9. The fourth-order valence-electron chi connectivity index (χ4n) is 1.87. The molecule has 110 valence electrons. The predicted molar refractivity (Wildman–Crippen MR) is 83.8 cm³/mol. The molecule has 0 radical (unpaired) electrons. The van der Waals surface area contributed by atoms with Gasteiger partial charge in [-0.05, 0) is 54.5 Å². The molecule has 0 saturated carbocycles. The van der Waals surface area contributed by atoms with Crippen molar-refractivity contribution >= 4 is 17.3 Å². The predicted octanol–water partition coefficient (Wildman–Crippen LogP) is 3.69. The Hall–Kier alpha value is -2.01. The summed E-state index contributed by atoms with van der Waals surface area (Å²) in [5.74, 6) is -0.521. The molecule has 2 rings (SSSR count). The Bertz CT molecular complexity index is 597. The van der Waals surface area contributed by atoms with Crippen molar-refractivity contribution in [2.75, 3.05) is 0 Å². The standard InChI is InChI=1S/C16H16F2N2S/c1-11(13-4-8-15(18)9-5-13)20-16(21)19-10-12-2-6-14(17)7-3-12/h2-9,11H,10H2,1H3,(H2,19,20,21)/t11-/m0/s1. The minimum atomic E-state index is -0.261. The van der Waals surface area contributed by atoms with Crippen LogP contribution in [0.25, 0.3) is 0 Å². The average Bonchev–Trinajstić information content (AvgIpc) is 2.47. The van der Waals surface area contributed by atoms with Crippen molar-refractivity contribution in [3.63, 3.8) is 0 Å². The van der Waals surface area contributed by atoms with Gasteiger partial charge in [0.15, 0.2) is 5.11 Å². The highest BCUT2D eigenvalue weighted by atomic mass is 32.1. The van der Waals surface area contributed by atoms with Crippen molar-refractivity contribution in [3.8, 4) is 0 Å². The second-order valence-corrected chi connectivity index (χ2v) is 5.13. The first-order valence-electron chi connectivity index (χ1n) is 6.59. The molecule has 2 aromatic rings. The number of hydrogen-bond acceptors (Lipinski definition) is 1. The molecule has 0 heterocycles. The van der Waals surface area contributed by atoms with Gasteiger partial charge in [-0.15, -0.1) is 0 Å². The van der Waals surface area contributed by atoms with Gasteiger partial charge < -0.3 is 10.6 Å². The van der Waals surface area contributed by atoms with E-state index in [4.69, 9.17) is 12.2 Å². The highest BCUT2D eigenvalue weighted by Gasteiger charge is 2.07.